The smallest absolute Gasteiger partial charge is 0.234 e. The first kappa shape index (κ1) is 15.3. The topological polar surface area (TPSA) is 68.9 Å². The van der Waals surface area contributed by atoms with E-state index in [1.54, 1.807) is 6.20 Å². The summed E-state index contributed by atoms with van der Waals surface area (Å²) in [6.07, 6.45) is 2.33. The summed E-state index contributed by atoms with van der Waals surface area (Å²) in [6, 6.07) is 1.85. The van der Waals surface area contributed by atoms with Crippen LogP contribution in [0.5, 0.6) is 0 Å². The number of carbonyl (C=O) groups excluding carboxylic acids is 1. The highest BCUT2D eigenvalue weighted by molar-refractivity contribution is 9.11. The van der Waals surface area contributed by atoms with Gasteiger partial charge in [-0.2, -0.15) is 4.98 Å². The maximum atomic E-state index is 11.7. The van der Waals surface area contributed by atoms with E-state index in [0.29, 0.717) is 29.7 Å². The van der Waals surface area contributed by atoms with Crippen molar-refractivity contribution in [3.05, 3.63) is 27.1 Å². The molecule has 0 aliphatic rings. The van der Waals surface area contributed by atoms with E-state index in [1.807, 2.05) is 19.9 Å². The number of hydrogen-bond donors (Lipinski definition) is 0. The van der Waals surface area contributed by atoms with Gasteiger partial charge in [-0.05, 0) is 43.8 Å². The Morgan fingerprint density at radius 3 is 2.80 bits per heavy atom. The number of carbonyl (C=O) groups is 1. The van der Waals surface area contributed by atoms with E-state index >= 15 is 0 Å². The van der Waals surface area contributed by atoms with Crippen LogP contribution in [-0.4, -0.2) is 20.9 Å². The molecule has 0 bridgehead atoms. The number of aromatic nitrogens is 3. The van der Waals surface area contributed by atoms with Crippen LogP contribution in [0.4, 0.5) is 0 Å². The van der Waals surface area contributed by atoms with Gasteiger partial charge in [0.1, 0.15) is 11.5 Å². The maximum absolute atomic E-state index is 11.7. The highest BCUT2D eigenvalue weighted by Gasteiger charge is 2.16. The molecule has 2 aromatic heterocycles. The molecule has 0 spiro atoms. The number of rotatable bonds is 5. The average Bonchev–Trinajstić information content (AvgIpc) is 2.75. The van der Waals surface area contributed by atoms with Gasteiger partial charge in [-0.1, -0.05) is 19.0 Å². The first-order chi connectivity index (χ1) is 9.45. The molecule has 20 heavy (non-hydrogen) atoms. The minimum Gasteiger partial charge on any atom is -0.338 e. The molecule has 2 rings (SSSR count). The van der Waals surface area contributed by atoms with Crippen LogP contribution in [0.3, 0.4) is 0 Å². The normalized spacial score (nSPS) is 11.1. The zero-order valence-electron chi connectivity index (χ0n) is 11.1. The van der Waals surface area contributed by atoms with Crippen molar-refractivity contribution < 1.29 is 9.32 Å². The largest absolute Gasteiger partial charge is 0.338 e. The van der Waals surface area contributed by atoms with Crippen molar-refractivity contribution in [3.63, 3.8) is 0 Å². The molecule has 106 valence electrons. The average molecular weight is 403 g/mol. The second kappa shape index (κ2) is 6.58. The fraction of sp³-hybridized carbons (Fsp3) is 0.385. The fourth-order valence-corrected chi connectivity index (χ4v) is 2.86. The number of halogens is 2. The summed E-state index contributed by atoms with van der Waals surface area (Å²) in [7, 11) is 0. The third-order valence-corrected chi connectivity index (χ3v) is 3.51. The van der Waals surface area contributed by atoms with Gasteiger partial charge in [0, 0.05) is 21.6 Å². The molecule has 0 aliphatic heterocycles. The third kappa shape index (κ3) is 3.96. The van der Waals surface area contributed by atoms with Gasteiger partial charge in [-0.25, -0.2) is 0 Å². The Kier molecular flexibility index (Phi) is 5.04. The number of nitrogens with zero attached hydrogens (tertiary/aromatic N) is 3. The van der Waals surface area contributed by atoms with Crippen LogP contribution in [0.1, 0.15) is 26.2 Å². The summed E-state index contributed by atoms with van der Waals surface area (Å²) in [5.41, 5.74) is 0.583. The lowest BCUT2D eigenvalue weighted by Gasteiger charge is -2.00. The Morgan fingerprint density at radius 1 is 1.40 bits per heavy atom. The van der Waals surface area contributed by atoms with E-state index < -0.39 is 0 Å². The molecule has 0 atom stereocenters. The molecule has 2 aromatic rings. The quantitative estimate of drug-likeness (QED) is 0.760. The van der Waals surface area contributed by atoms with Gasteiger partial charge in [-0.3, -0.25) is 9.78 Å². The molecular weight excluding hydrogens is 390 g/mol. The summed E-state index contributed by atoms with van der Waals surface area (Å²) in [5, 5.41) is 3.86. The van der Waals surface area contributed by atoms with E-state index in [1.165, 1.54) is 0 Å². The Hall–Kier alpha value is -1.08. The lowest BCUT2D eigenvalue weighted by molar-refractivity contribution is -0.119. The first-order valence-electron chi connectivity index (χ1n) is 6.11. The van der Waals surface area contributed by atoms with Crippen molar-refractivity contribution >= 4 is 37.6 Å². The number of Topliss-reactive ketones (excluding diaryl/α,β-unsaturated/α-hetero) is 1. The lowest BCUT2D eigenvalue weighted by atomic mass is 10.1. The van der Waals surface area contributed by atoms with E-state index in [4.69, 9.17) is 4.52 Å². The maximum Gasteiger partial charge on any atom is 0.234 e. The Morgan fingerprint density at radius 2 is 2.15 bits per heavy atom. The van der Waals surface area contributed by atoms with Crippen LogP contribution in [0.2, 0.25) is 0 Å². The standard InChI is InChI=1S/C13H13Br2N3O2/c1-7(2)3-9(19)5-11-17-13(18-20-11)12-10(15)4-8(14)6-16-12/h4,6-7H,3,5H2,1-2H3. The summed E-state index contributed by atoms with van der Waals surface area (Å²) >= 11 is 6.72. The highest BCUT2D eigenvalue weighted by atomic mass is 79.9. The SMILES string of the molecule is CC(C)CC(=O)Cc1nc(-c2ncc(Br)cc2Br)no1. The zero-order chi connectivity index (χ0) is 14.7. The Bertz CT molecular complexity index is 626. The van der Waals surface area contributed by atoms with Gasteiger partial charge >= 0.3 is 0 Å². The first-order valence-corrected chi connectivity index (χ1v) is 7.70. The molecule has 2 heterocycles. The molecule has 0 saturated heterocycles. The minimum atomic E-state index is 0.0954. The van der Waals surface area contributed by atoms with E-state index in [2.05, 4.69) is 47.0 Å². The van der Waals surface area contributed by atoms with Crippen LogP contribution in [0.25, 0.3) is 11.5 Å². The van der Waals surface area contributed by atoms with Gasteiger partial charge in [0.2, 0.25) is 11.7 Å². The van der Waals surface area contributed by atoms with Crippen molar-refractivity contribution in [2.75, 3.05) is 0 Å². The molecule has 0 radical (unpaired) electrons. The number of ketones is 1. The van der Waals surface area contributed by atoms with Crippen LogP contribution >= 0.6 is 31.9 Å². The monoisotopic (exact) mass is 401 g/mol. The lowest BCUT2D eigenvalue weighted by Crippen LogP contribution is -2.06. The van der Waals surface area contributed by atoms with Crippen molar-refractivity contribution in [2.45, 2.75) is 26.7 Å². The molecule has 0 N–H and O–H groups in total. The van der Waals surface area contributed by atoms with Crippen molar-refractivity contribution in [1.82, 2.24) is 15.1 Å². The van der Waals surface area contributed by atoms with Gasteiger partial charge in [0.15, 0.2) is 0 Å². The Labute approximate surface area is 133 Å². The highest BCUT2D eigenvalue weighted by Crippen LogP contribution is 2.26. The van der Waals surface area contributed by atoms with Crippen LogP contribution in [-0.2, 0) is 11.2 Å². The van der Waals surface area contributed by atoms with Gasteiger partial charge in [-0.15, -0.1) is 0 Å². The summed E-state index contributed by atoms with van der Waals surface area (Å²) < 4.78 is 6.71. The molecule has 7 heteroatoms. The second-order valence-corrected chi connectivity index (χ2v) is 6.58. The molecular formula is C13H13Br2N3O2. The van der Waals surface area contributed by atoms with Crippen LogP contribution in [0.15, 0.2) is 25.7 Å². The predicted molar refractivity (Wildman–Crippen MR) is 81.1 cm³/mol. The summed E-state index contributed by atoms with van der Waals surface area (Å²) in [4.78, 5) is 20.2. The molecule has 0 unspecified atom stereocenters. The number of hydrogen-bond acceptors (Lipinski definition) is 5. The van der Waals surface area contributed by atoms with Gasteiger partial charge in [0.05, 0.1) is 6.42 Å². The molecule has 5 nitrogen and oxygen atoms in total. The molecule has 0 aromatic carbocycles. The summed E-state index contributed by atoms with van der Waals surface area (Å²) in [6.45, 7) is 4.00. The van der Waals surface area contributed by atoms with Crippen molar-refractivity contribution in [2.24, 2.45) is 5.92 Å². The Balaban J connectivity index is 2.14. The fourth-order valence-electron chi connectivity index (χ4n) is 1.70. The van der Waals surface area contributed by atoms with E-state index in [9.17, 15) is 4.79 Å². The molecule has 0 fully saturated rings. The predicted octanol–water partition coefficient (Wildman–Crippen LogP) is 3.81. The second-order valence-electron chi connectivity index (χ2n) is 4.81. The minimum absolute atomic E-state index is 0.0954. The van der Waals surface area contributed by atoms with Crippen molar-refractivity contribution in [3.8, 4) is 11.5 Å². The van der Waals surface area contributed by atoms with Crippen molar-refractivity contribution in [1.29, 1.82) is 0 Å². The van der Waals surface area contributed by atoms with Crippen LogP contribution < -0.4 is 0 Å². The molecule has 0 saturated carbocycles. The van der Waals surface area contributed by atoms with Crippen LogP contribution in [0, 0.1) is 5.92 Å². The van der Waals surface area contributed by atoms with Gasteiger partial charge < -0.3 is 4.52 Å². The van der Waals surface area contributed by atoms with E-state index in [-0.39, 0.29) is 12.2 Å². The van der Waals surface area contributed by atoms with Gasteiger partial charge in [0.25, 0.3) is 0 Å². The van der Waals surface area contributed by atoms with E-state index in [0.717, 1.165) is 8.95 Å². The summed E-state index contributed by atoms with van der Waals surface area (Å²) in [5.74, 6) is 1.11. The molecule has 0 amide bonds. The zero-order valence-corrected chi connectivity index (χ0v) is 14.2. The molecule has 0 aliphatic carbocycles. The number of pyridine rings is 1. The third-order valence-electron chi connectivity index (χ3n) is 2.47.